The molecule has 1 heterocycles. The summed E-state index contributed by atoms with van der Waals surface area (Å²) in [6.07, 6.45) is 2.91. The number of thiazole rings is 1. The number of hydrogen-bond acceptors (Lipinski definition) is 4. The number of nitrogens with one attached hydrogen (secondary N) is 1. The predicted octanol–water partition coefficient (Wildman–Crippen LogP) is 1.09. The largest absolute Gasteiger partial charge is 0.290 e. The molecule has 0 aromatic carbocycles. The third-order valence-corrected chi connectivity index (χ3v) is 1.66. The van der Waals surface area contributed by atoms with E-state index in [4.69, 9.17) is 5.21 Å². The highest BCUT2D eigenvalue weighted by molar-refractivity contribution is 7.15. The lowest BCUT2D eigenvalue weighted by molar-refractivity contribution is 0.240. The van der Waals surface area contributed by atoms with E-state index in [1.54, 1.807) is 11.7 Å². The molecule has 0 atom stereocenters. The molecule has 2 N–H and O–H groups in total. The lowest BCUT2D eigenvalue weighted by atomic mass is 10.7. The predicted molar refractivity (Wildman–Crippen MR) is 39.9 cm³/mol. The van der Waals surface area contributed by atoms with Gasteiger partial charge in [0.05, 0.1) is 0 Å². The maximum absolute atomic E-state index is 8.11. The van der Waals surface area contributed by atoms with Crippen molar-refractivity contribution in [1.82, 2.24) is 10.5 Å². The molecular formula is C5H7N3OS. The first-order chi connectivity index (χ1) is 4.83. The Kier molecular flexibility index (Phi) is 2.35. The number of aryl methyl sites for hydroxylation is 1. The van der Waals surface area contributed by atoms with Crippen LogP contribution in [0.25, 0.3) is 0 Å². The molecule has 0 bridgehead atoms. The van der Waals surface area contributed by atoms with Crippen LogP contribution in [0.4, 0.5) is 5.13 Å². The molecule has 0 unspecified atom stereocenters. The van der Waals surface area contributed by atoms with Gasteiger partial charge in [-0.1, -0.05) is 0 Å². The topological polar surface area (TPSA) is 57.5 Å². The van der Waals surface area contributed by atoms with Crippen molar-refractivity contribution in [3.05, 3.63) is 11.1 Å². The summed E-state index contributed by atoms with van der Waals surface area (Å²) >= 11 is 1.47. The highest BCUT2D eigenvalue weighted by Gasteiger charge is 1.91. The van der Waals surface area contributed by atoms with E-state index in [0.29, 0.717) is 5.13 Å². The molecule has 0 saturated heterocycles. The SMILES string of the molecule is Cc1cnc(/N=C/NO)s1. The first-order valence-corrected chi connectivity index (χ1v) is 3.49. The van der Waals surface area contributed by atoms with Crippen molar-refractivity contribution in [3.8, 4) is 0 Å². The summed E-state index contributed by atoms with van der Waals surface area (Å²) in [6.45, 7) is 1.95. The molecule has 0 spiro atoms. The average molecular weight is 157 g/mol. The van der Waals surface area contributed by atoms with Gasteiger partial charge in [-0.2, -0.15) is 0 Å². The van der Waals surface area contributed by atoms with E-state index in [-0.39, 0.29) is 0 Å². The van der Waals surface area contributed by atoms with Gasteiger partial charge in [-0.05, 0) is 6.92 Å². The minimum atomic E-state index is 0.638. The molecule has 0 fully saturated rings. The molecular weight excluding hydrogens is 150 g/mol. The van der Waals surface area contributed by atoms with Crippen molar-refractivity contribution in [1.29, 1.82) is 0 Å². The quantitative estimate of drug-likeness (QED) is 0.384. The van der Waals surface area contributed by atoms with Gasteiger partial charge in [0.2, 0.25) is 5.13 Å². The zero-order valence-corrected chi connectivity index (χ0v) is 6.22. The fourth-order valence-electron chi connectivity index (χ4n) is 0.487. The molecule has 0 saturated carbocycles. The Hall–Kier alpha value is -0.940. The van der Waals surface area contributed by atoms with E-state index in [9.17, 15) is 0 Å². The average Bonchev–Trinajstić information content (AvgIpc) is 2.31. The number of aromatic nitrogens is 1. The van der Waals surface area contributed by atoms with Crippen LogP contribution in [0.3, 0.4) is 0 Å². The van der Waals surface area contributed by atoms with Gasteiger partial charge in [0, 0.05) is 11.1 Å². The molecule has 54 valence electrons. The van der Waals surface area contributed by atoms with Crippen LogP contribution in [0.5, 0.6) is 0 Å². The van der Waals surface area contributed by atoms with Crippen LogP contribution in [0.1, 0.15) is 4.88 Å². The normalized spacial score (nSPS) is 10.6. The zero-order chi connectivity index (χ0) is 7.40. The van der Waals surface area contributed by atoms with Crippen molar-refractivity contribution < 1.29 is 5.21 Å². The van der Waals surface area contributed by atoms with Crippen LogP contribution in [-0.2, 0) is 0 Å². The second-order valence-electron chi connectivity index (χ2n) is 1.64. The van der Waals surface area contributed by atoms with Gasteiger partial charge in [0.1, 0.15) is 6.34 Å². The molecule has 1 rings (SSSR count). The monoisotopic (exact) mass is 157 g/mol. The van der Waals surface area contributed by atoms with Crippen molar-refractivity contribution in [2.75, 3.05) is 0 Å². The van der Waals surface area contributed by atoms with Crippen molar-refractivity contribution in [3.63, 3.8) is 0 Å². The fourth-order valence-corrected chi connectivity index (χ4v) is 1.09. The van der Waals surface area contributed by atoms with Gasteiger partial charge < -0.3 is 0 Å². The molecule has 1 aromatic rings. The van der Waals surface area contributed by atoms with Gasteiger partial charge in [-0.25, -0.2) is 9.98 Å². The summed E-state index contributed by atoms with van der Waals surface area (Å²) in [4.78, 5) is 8.79. The summed E-state index contributed by atoms with van der Waals surface area (Å²) in [5.74, 6) is 0. The maximum Gasteiger partial charge on any atom is 0.210 e. The van der Waals surface area contributed by atoms with Gasteiger partial charge in [0.15, 0.2) is 0 Å². The van der Waals surface area contributed by atoms with Crippen molar-refractivity contribution >= 4 is 22.8 Å². The number of hydrogen-bond donors (Lipinski definition) is 2. The number of aliphatic imine (C=N–C) groups is 1. The molecule has 1 aromatic heterocycles. The summed E-state index contributed by atoms with van der Waals surface area (Å²) in [5.41, 5.74) is 1.80. The Labute approximate surface area is 62.2 Å². The highest BCUT2D eigenvalue weighted by atomic mass is 32.1. The molecule has 0 radical (unpaired) electrons. The van der Waals surface area contributed by atoms with E-state index >= 15 is 0 Å². The van der Waals surface area contributed by atoms with Crippen molar-refractivity contribution in [2.24, 2.45) is 4.99 Å². The van der Waals surface area contributed by atoms with Gasteiger partial charge in [-0.3, -0.25) is 10.7 Å². The Morgan fingerprint density at radius 2 is 2.70 bits per heavy atom. The van der Waals surface area contributed by atoms with Crippen molar-refractivity contribution in [2.45, 2.75) is 6.92 Å². The first-order valence-electron chi connectivity index (χ1n) is 2.67. The second-order valence-corrected chi connectivity index (χ2v) is 2.85. The van der Waals surface area contributed by atoms with E-state index in [0.717, 1.165) is 4.88 Å². The first kappa shape index (κ1) is 7.17. The van der Waals surface area contributed by atoms with Crippen LogP contribution in [0.15, 0.2) is 11.2 Å². The summed E-state index contributed by atoms with van der Waals surface area (Å²) in [7, 11) is 0. The van der Waals surface area contributed by atoms with E-state index in [1.165, 1.54) is 17.7 Å². The summed E-state index contributed by atoms with van der Waals surface area (Å²) in [6, 6.07) is 0. The van der Waals surface area contributed by atoms with Crippen LogP contribution in [0.2, 0.25) is 0 Å². The Morgan fingerprint density at radius 3 is 3.20 bits per heavy atom. The standard InChI is InChI=1S/C5H7N3OS/c1-4-2-6-5(10-4)7-3-8-9/h2-3,9H,1H3,(H,6,7,8). The Balaban J connectivity index is 2.67. The van der Waals surface area contributed by atoms with E-state index in [2.05, 4.69) is 9.98 Å². The summed E-state index contributed by atoms with van der Waals surface area (Å²) in [5, 5.41) is 8.75. The number of rotatable bonds is 2. The van der Waals surface area contributed by atoms with Gasteiger partial charge in [0.25, 0.3) is 0 Å². The zero-order valence-electron chi connectivity index (χ0n) is 5.40. The number of hydroxylamine groups is 1. The lowest BCUT2D eigenvalue weighted by Crippen LogP contribution is -2.00. The molecule has 0 aliphatic rings. The van der Waals surface area contributed by atoms with Crippen LogP contribution >= 0.6 is 11.3 Å². The Morgan fingerprint density at radius 1 is 1.90 bits per heavy atom. The second kappa shape index (κ2) is 3.28. The highest BCUT2D eigenvalue weighted by Crippen LogP contribution is 2.18. The Bertz CT molecular complexity index is 233. The summed E-state index contributed by atoms with van der Waals surface area (Å²) < 4.78 is 0. The fraction of sp³-hybridized carbons (Fsp3) is 0.200. The smallest absolute Gasteiger partial charge is 0.210 e. The number of nitrogens with zero attached hydrogens (tertiary/aromatic N) is 2. The van der Waals surface area contributed by atoms with Crippen LogP contribution in [0, 0.1) is 6.92 Å². The molecule has 4 nitrogen and oxygen atoms in total. The minimum absolute atomic E-state index is 0.638. The molecule has 5 heteroatoms. The lowest BCUT2D eigenvalue weighted by Gasteiger charge is -1.81. The third kappa shape index (κ3) is 1.78. The van der Waals surface area contributed by atoms with Gasteiger partial charge in [-0.15, -0.1) is 11.3 Å². The third-order valence-electron chi connectivity index (χ3n) is 0.842. The molecule has 0 aliphatic carbocycles. The minimum Gasteiger partial charge on any atom is -0.290 e. The van der Waals surface area contributed by atoms with Crippen LogP contribution in [-0.4, -0.2) is 16.5 Å². The molecule has 0 aliphatic heterocycles. The van der Waals surface area contributed by atoms with E-state index in [1.807, 2.05) is 6.92 Å². The molecule has 0 amide bonds. The van der Waals surface area contributed by atoms with Crippen LogP contribution < -0.4 is 5.48 Å². The molecule has 10 heavy (non-hydrogen) atoms. The maximum atomic E-state index is 8.11. The van der Waals surface area contributed by atoms with E-state index < -0.39 is 0 Å². The van der Waals surface area contributed by atoms with Gasteiger partial charge >= 0.3 is 0 Å².